The Bertz CT molecular complexity index is 1190. The number of rotatable bonds is 11. The third-order valence-electron chi connectivity index (χ3n) is 7.32. The van der Waals surface area contributed by atoms with E-state index >= 15 is 0 Å². The fraction of sp³-hybridized carbons (Fsp3) is 0.387. The van der Waals surface area contributed by atoms with Gasteiger partial charge in [0.15, 0.2) is 0 Å². The third-order valence-corrected chi connectivity index (χ3v) is 8.06. The molecule has 0 amide bonds. The van der Waals surface area contributed by atoms with Crippen LogP contribution in [-0.2, 0) is 21.8 Å². The smallest absolute Gasteiger partial charge is 0.106 e. The van der Waals surface area contributed by atoms with Gasteiger partial charge in [0.2, 0.25) is 0 Å². The largest absolute Gasteiger partial charge is 0.399 e. The van der Waals surface area contributed by atoms with E-state index in [-0.39, 0.29) is 5.92 Å². The molecule has 1 atom stereocenters. The molecule has 0 spiro atoms. The van der Waals surface area contributed by atoms with Crippen LogP contribution in [0.15, 0.2) is 78.0 Å². The molecule has 0 aromatic heterocycles. The molecule has 1 saturated heterocycles. The van der Waals surface area contributed by atoms with Gasteiger partial charge in [0.1, 0.15) is 7.11 Å². The van der Waals surface area contributed by atoms with Gasteiger partial charge in [-0.25, -0.2) is 0 Å². The quantitative estimate of drug-likeness (QED) is 0.205. The number of halogens is 2. The number of benzene rings is 3. The van der Waals surface area contributed by atoms with Crippen LogP contribution in [0, 0.1) is 6.92 Å². The van der Waals surface area contributed by atoms with E-state index in [4.69, 9.17) is 32.8 Å². The van der Waals surface area contributed by atoms with Crippen LogP contribution in [0.4, 0.5) is 0 Å². The summed E-state index contributed by atoms with van der Waals surface area (Å²) in [4.78, 5) is 7.65. The van der Waals surface area contributed by atoms with Crippen LogP contribution in [0.25, 0.3) is 0 Å². The Hall–Kier alpha value is -2.41. The van der Waals surface area contributed by atoms with E-state index in [9.17, 15) is 5.11 Å². The Morgan fingerprint density at radius 3 is 2.37 bits per heavy atom. The summed E-state index contributed by atoms with van der Waals surface area (Å²) in [5, 5.41) is 16.6. The van der Waals surface area contributed by atoms with Crippen molar-refractivity contribution in [3.63, 3.8) is 0 Å². The van der Waals surface area contributed by atoms with E-state index in [0.717, 1.165) is 48.5 Å². The lowest BCUT2D eigenvalue weighted by molar-refractivity contribution is -0.0261. The van der Waals surface area contributed by atoms with Crippen LogP contribution in [0.5, 0.6) is 0 Å². The predicted molar refractivity (Wildman–Crippen MR) is 155 cm³/mol. The number of hydrogen-bond donors (Lipinski definition) is 1. The van der Waals surface area contributed by atoms with Crippen LogP contribution in [0.2, 0.25) is 10.0 Å². The molecule has 3 aromatic rings. The molecule has 5 nitrogen and oxygen atoms in total. The van der Waals surface area contributed by atoms with Crippen molar-refractivity contribution in [3.8, 4) is 0 Å². The standard InChI is InChI=1S/C31H36Cl2N2O3/c1-23-8-10-24(11-9-23)21-38-22-30(34-37-2)27(25-12-13-28(32)29(33)20-25)14-17-35-18-15-31(36,16-19-35)26-6-4-3-5-7-26/h3-13,20,27,36H,14-19,21-22H2,1-2H3/b34-30+. The maximum atomic E-state index is 11.2. The Kier molecular flexibility index (Phi) is 10.2. The summed E-state index contributed by atoms with van der Waals surface area (Å²) in [6.07, 6.45) is 2.21. The molecule has 7 heteroatoms. The maximum Gasteiger partial charge on any atom is 0.106 e. The monoisotopic (exact) mass is 554 g/mol. The molecule has 4 rings (SSSR count). The average molecular weight is 556 g/mol. The van der Waals surface area contributed by atoms with Gasteiger partial charge in [-0.3, -0.25) is 0 Å². The highest BCUT2D eigenvalue weighted by atomic mass is 35.5. The van der Waals surface area contributed by atoms with Crippen LogP contribution < -0.4 is 0 Å². The summed E-state index contributed by atoms with van der Waals surface area (Å²) in [5.41, 5.74) is 4.37. The lowest BCUT2D eigenvalue weighted by Crippen LogP contribution is -2.43. The molecule has 202 valence electrons. The Balaban J connectivity index is 1.44. The summed E-state index contributed by atoms with van der Waals surface area (Å²) < 4.78 is 6.08. The zero-order chi connectivity index (χ0) is 27.0. The van der Waals surface area contributed by atoms with E-state index in [1.807, 2.05) is 48.5 Å². The molecule has 1 N–H and O–H groups in total. The highest BCUT2D eigenvalue weighted by Crippen LogP contribution is 2.34. The summed E-state index contributed by atoms with van der Waals surface area (Å²) in [5.74, 6) is -0.0577. The van der Waals surface area contributed by atoms with Crippen molar-refractivity contribution in [1.29, 1.82) is 0 Å². The van der Waals surface area contributed by atoms with Gasteiger partial charge >= 0.3 is 0 Å². The van der Waals surface area contributed by atoms with Crippen LogP contribution >= 0.6 is 23.2 Å². The van der Waals surface area contributed by atoms with Gasteiger partial charge in [0, 0.05) is 19.0 Å². The lowest BCUT2D eigenvalue weighted by atomic mass is 9.84. The molecule has 0 aliphatic carbocycles. The maximum absolute atomic E-state index is 11.2. The second-order valence-corrected chi connectivity index (χ2v) is 10.8. The normalized spacial score (nSPS) is 16.8. The van der Waals surface area contributed by atoms with Crippen molar-refractivity contribution < 1.29 is 14.7 Å². The predicted octanol–water partition coefficient (Wildman–Crippen LogP) is 6.98. The van der Waals surface area contributed by atoms with Gasteiger partial charge in [-0.15, -0.1) is 0 Å². The van der Waals surface area contributed by atoms with E-state index < -0.39 is 5.60 Å². The molecule has 1 unspecified atom stereocenters. The summed E-state index contributed by atoms with van der Waals surface area (Å²) >= 11 is 12.6. The molecule has 0 radical (unpaired) electrons. The number of oxime groups is 1. The number of ether oxygens (including phenoxy) is 1. The molecule has 1 fully saturated rings. The van der Waals surface area contributed by atoms with Gasteiger partial charge in [0.05, 0.1) is 34.6 Å². The van der Waals surface area contributed by atoms with Gasteiger partial charge in [-0.05, 0) is 61.6 Å². The Morgan fingerprint density at radius 1 is 1.00 bits per heavy atom. The molecular formula is C31H36Cl2N2O3. The molecule has 0 bridgehead atoms. The lowest BCUT2D eigenvalue weighted by Gasteiger charge is -2.39. The fourth-order valence-corrected chi connectivity index (χ4v) is 5.32. The number of aryl methyl sites for hydroxylation is 1. The van der Waals surface area contributed by atoms with Crippen molar-refractivity contribution >= 4 is 28.9 Å². The second kappa shape index (κ2) is 13.6. The van der Waals surface area contributed by atoms with Gasteiger partial charge in [0.25, 0.3) is 0 Å². The number of hydrogen-bond acceptors (Lipinski definition) is 5. The number of likely N-dealkylation sites (tertiary alicyclic amines) is 1. The van der Waals surface area contributed by atoms with E-state index in [0.29, 0.717) is 36.1 Å². The first-order valence-corrected chi connectivity index (χ1v) is 13.8. The Morgan fingerprint density at radius 2 is 1.71 bits per heavy atom. The fourth-order valence-electron chi connectivity index (χ4n) is 5.02. The summed E-state index contributed by atoms with van der Waals surface area (Å²) in [7, 11) is 1.56. The third kappa shape index (κ3) is 7.58. The molecule has 0 saturated carbocycles. The first-order valence-electron chi connectivity index (χ1n) is 13.1. The van der Waals surface area contributed by atoms with Crippen LogP contribution in [-0.4, -0.2) is 49.1 Å². The molecule has 1 aliphatic heterocycles. The first kappa shape index (κ1) is 28.6. The minimum atomic E-state index is -0.770. The van der Waals surface area contributed by atoms with Crippen molar-refractivity contribution in [1.82, 2.24) is 4.90 Å². The van der Waals surface area contributed by atoms with Crippen LogP contribution in [0.1, 0.15) is 47.4 Å². The molecule has 3 aromatic carbocycles. The van der Waals surface area contributed by atoms with Crippen molar-refractivity contribution in [2.45, 2.75) is 44.3 Å². The highest BCUT2D eigenvalue weighted by Gasteiger charge is 2.34. The topological polar surface area (TPSA) is 54.3 Å². The van der Waals surface area contributed by atoms with Gasteiger partial charge < -0.3 is 19.6 Å². The Labute approximate surface area is 236 Å². The SMILES string of the molecule is CO/N=C(\COCc1ccc(C)cc1)C(CCN1CCC(O)(c2ccccc2)CC1)c1ccc(Cl)c(Cl)c1. The number of nitrogens with zero attached hydrogens (tertiary/aromatic N) is 2. The molecule has 38 heavy (non-hydrogen) atoms. The van der Waals surface area contributed by atoms with E-state index in [1.165, 1.54) is 5.56 Å². The van der Waals surface area contributed by atoms with Crippen molar-refractivity contribution in [2.24, 2.45) is 5.16 Å². The highest BCUT2D eigenvalue weighted by molar-refractivity contribution is 6.42. The van der Waals surface area contributed by atoms with Gasteiger partial charge in [-0.1, -0.05) is 94.6 Å². The minimum Gasteiger partial charge on any atom is -0.399 e. The molecule has 1 heterocycles. The minimum absolute atomic E-state index is 0.0577. The van der Waals surface area contributed by atoms with Crippen molar-refractivity contribution in [3.05, 3.63) is 105 Å². The van der Waals surface area contributed by atoms with E-state index in [2.05, 4.69) is 41.2 Å². The molecular weight excluding hydrogens is 519 g/mol. The average Bonchev–Trinajstić information content (AvgIpc) is 2.93. The number of aliphatic hydroxyl groups is 1. The van der Waals surface area contributed by atoms with Crippen LogP contribution in [0.3, 0.4) is 0 Å². The summed E-state index contributed by atoms with van der Waals surface area (Å²) in [6.45, 7) is 5.37. The van der Waals surface area contributed by atoms with E-state index in [1.54, 1.807) is 7.11 Å². The van der Waals surface area contributed by atoms with Gasteiger partial charge in [-0.2, -0.15) is 0 Å². The van der Waals surface area contributed by atoms with Crippen molar-refractivity contribution in [2.75, 3.05) is 33.4 Å². The summed E-state index contributed by atoms with van der Waals surface area (Å²) in [6, 6.07) is 24.0. The second-order valence-electron chi connectivity index (χ2n) is 10.00. The first-order chi connectivity index (χ1) is 18.4. The number of piperidine rings is 1. The zero-order valence-corrected chi connectivity index (χ0v) is 23.6. The zero-order valence-electron chi connectivity index (χ0n) is 22.1. The molecule has 1 aliphatic rings.